The van der Waals surface area contributed by atoms with Crippen LogP contribution in [0.15, 0.2) is 72.1 Å². The summed E-state index contributed by atoms with van der Waals surface area (Å²) in [5.41, 5.74) is 2.95. The predicted molar refractivity (Wildman–Crippen MR) is 128 cm³/mol. The average Bonchev–Trinajstić information content (AvgIpc) is 3.32. The van der Waals surface area contributed by atoms with Crippen LogP contribution in [0, 0.1) is 0 Å². The molecule has 2 N–H and O–H groups in total. The highest BCUT2D eigenvalue weighted by Crippen LogP contribution is 2.19. The van der Waals surface area contributed by atoms with Gasteiger partial charge in [-0.1, -0.05) is 50.2 Å². The largest absolute Gasteiger partial charge is 0.334 e. The van der Waals surface area contributed by atoms with Crippen LogP contribution in [0.2, 0.25) is 0 Å². The summed E-state index contributed by atoms with van der Waals surface area (Å²) in [6, 6.07) is 14.1. The molecule has 1 aromatic heterocycles. The van der Waals surface area contributed by atoms with Gasteiger partial charge in [0.25, 0.3) is 0 Å². The SMILES string of the molecule is CCN(CC)S(=O)(=O)c1ccc(C(C)NC(=O)NCc2cccc(Cn3ccnc3)c2)cc1. The van der Waals surface area contributed by atoms with Crippen molar-refractivity contribution >= 4 is 16.1 Å². The Morgan fingerprint density at radius 1 is 1.09 bits per heavy atom. The molecule has 33 heavy (non-hydrogen) atoms. The first-order valence-corrected chi connectivity index (χ1v) is 12.5. The van der Waals surface area contributed by atoms with E-state index < -0.39 is 10.0 Å². The molecule has 0 fully saturated rings. The Labute approximate surface area is 195 Å². The molecule has 0 saturated heterocycles. The van der Waals surface area contributed by atoms with Crippen molar-refractivity contribution in [1.82, 2.24) is 24.5 Å². The third kappa shape index (κ3) is 6.43. The van der Waals surface area contributed by atoms with E-state index in [9.17, 15) is 13.2 Å². The Balaban J connectivity index is 1.54. The van der Waals surface area contributed by atoms with E-state index in [-0.39, 0.29) is 17.0 Å². The second kappa shape index (κ2) is 11.1. The zero-order chi connectivity index (χ0) is 23.8. The van der Waals surface area contributed by atoms with Crippen LogP contribution in [0.3, 0.4) is 0 Å². The molecule has 0 spiro atoms. The van der Waals surface area contributed by atoms with Gasteiger partial charge in [-0.25, -0.2) is 18.2 Å². The normalized spacial score (nSPS) is 12.5. The third-order valence-electron chi connectivity index (χ3n) is 5.44. The maximum Gasteiger partial charge on any atom is 0.315 e. The number of hydrogen-bond donors (Lipinski definition) is 2. The number of carbonyl (C=O) groups is 1. The van der Waals surface area contributed by atoms with E-state index in [0.29, 0.717) is 19.6 Å². The van der Waals surface area contributed by atoms with Gasteiger partial charge in [0, 0.05) is 38.6 Å². The van der Waals surface area contributed by atoms with Crippen LogP contribution in [0.4, 0.5) is 4.79 Å². The molecule has 0 aliphatic heterocycles. The second-order valence-electron chi connectivity index (χ2n) is 7.76. The lowest BCUT2D eigenvalue weighted by molar-refractivity contribution is 0.237. The first kappa shape index (κ1) is 24.5. The number of benzene rings is 2. The van der Waals surface area contributed by atoms with Gasteiger partial charge in [-0.2, -0.15) is 4.31 Å². The van der Waals surface area contributed by atoms with Crippen molar-refractivity contribution in [2.24, 2.45) is 0 Å². The molecule has 3 rings (SSSR count). The Morgan fingerprint density at radius 3 is 2.42 bits per heavy atom. The Bertz CT molecular complexity index is 1140. The smallest absolute Gasteiger partial charge is 0.315 e. The van der Waals surface area contributed by atoms with Crippen LogP contribution < -0.4 is 10.6 Å². The average molecular weight is 470 g/mol. The lowest BCUT2D eigenvalue weighted by atomic mass is 10.1. The van der Waals surface area contributed by atoms with E-state index in [2.05, 4.69) is 21.7 Å². The first-order valence-electron chi connectivity index (χ1n) is 11.0. The molecule has 176 valence electrons. The summed E-state index contributed by atoms with van der Waals surface area (Å²) in [5, 5.41) is 5.78. The van der Waals surface area contributed by atoms with Gasteiger partial charge in [-0.05, 0) is 35.7 Å². The molecule has 0 bridgehead atoms. The molecule has 1 heterocycles. The molecule has 2 aromatic carbocycles. The number of nitrogens with one attached hydrogen (secondary N) is 2. The minimum Gasteiger partial charge on any atom is -0.334 e. The highest BCUT2D eigenvalue weighted by molar-refractivity contribution is 7.89. The Morgan fingerprint density at radius 2 is 1.79 bits per heavy atom. The number of rotatable bonds is 10. The highest BCUT2D eigenvalue weighted by atomic mass is 32.2. The number of nitrogens with zero attached hydrogens (tertiary/aromatic N) is 3. The maximum atomic E-state index is 12.6. The fourth-order valence-electron chi connectivity index (χ4n) is 3.58. The van der Waals surface area contributed by atoms with Crippen LogP contribution in [-0.4, -0.2) is 41.4 Å². The summed E-state index contributed by atoms with van der Waals surface area (Å²) in [5.74, 6) is 0. The monoisotopic (exact) mass is 469 g/mol. The molecule has 0 aliphatic carbocycles. The summed E-state index contributed by atoms with van der Waals surface area (Å²) in [6.07, 6.45) is 5.42. The van der Waals surface area contributed by atoms with Crippen LogP contribution in [0.25, 0.3) is 0 Å². The van der Waals surface area contributed by atoms with E-state index in [1.807, 2.05) is 49.7 Å². The van der Waals surface area contributed by atoms with Gasteiger partial charge >= 0.3 is 6.03 Å². The van der Waals surface area contributed by atoms with Crippen molar-refractivity contribution in [2.45, 2.75) is 44.8 Å². The standard InChI is InChI=1S/C24H31N5O3S/c1-4-29(5-2)33(31,32)23-11-9-22(10-12-23)19(3)27-24(30)26-16-20-7-6-8-21(15-20)17-28-14-13-25-18-28/h6-15,18-19H,4-5,16-17H2,1-3H3,(H2,26,27,30). The van der Waals surface area contributed by atoms with Crippen LogP contribution in [-0.2, 0) is 23.1 Å². The summed E-state index contributed by atoms with van der Waals surface area (Å²) >= 11 is 0. The van der Waals surface area contributed by atoms with Gasteiger partial charge in [0.15, 0.2) is 0 Å². The predicted octanol–water partition coefficient (Wildman–Crippen LogP) is 3.52. The fourth-order valence-corrected chi connectivity index (χ4v) is 5.04. The van der Waals surface area contributed by atoms with Crippen molar-refractivity contribution in [1.29, 1.82) is 0 Å². The molecular formula is C24H31N5O3S. The fraction of sp³-hybridized carbons (Fsp3) is 0.333. The number of carbonyl (C=O) groups excluding carboxylic acids is 1. The van der Waals surface area contributed by atoms with Crippen molar-refractivity contribution < 1.29 is 13.2 Å². The third-order valence-corrected chi connectivity index (χ3v) is 7.50. The minimum absolute atomic E-state index is 0.252. The van der Waals surface area contributed by atoms with Gasteiger partial charge in [-0.15, -0.1) is 0 Å². The van der Waals surface area contributed by atoms with Crippen LogP contribution >= 0.6 is 0 Å². The summed E-state index contributed by atoms with van der Waals surface area (Å²) in [4.78, 5) is 16.7. The first-order chi connectivity index (χ1) is 15.8. The highest BCUT2D eigenvalue weighted by Gasteiger charge is 2.21. The molecular weight excluding hydrogens is 438 g/mol. The van der Waals surface area contributed by atoms with Gasteiger partial charge in [0.2, 0.25) is 10.0 Å². The van der Waals surface area contributed by atoms with E-state index in [4.69, 9.17) is 0 Å². The Hall–Kier alpha value is -3.17. The number of amides is 2. The second-order valence-corrected chi connectivity index (χ2v) is 9.70. The maximum absolute atomic E-state index is 12.6. The van der Waals surface area contributed by atoms with Crippen molar-refractivity contribution in [3.8, 4) is 0 Å². The van der Waals surface area contributed by atoms with E-state index in [0.717, 1.165) is 23.2 Å². The number of sulfonamides is 1. The molecule has 3 aromatic rings. The number of aromatic nitrogens is 2. The van der Waals surface area contributed by atoms with Crippen molar-refractivity contribution in [3.05, 3.63) is 83.9 Å². The summed E-state index contributed by atoms with van der Waals surface area (Å²) in [7, 11) is -3.50. The van der Waals surface area contributed by atoms with Crippen LogP contribution in [0.5, 0.6) is 0 Å². The van der Waals surface area contributed by atoms with Gasteiger partial charge < -0.3 is 15.2 Å². The number of urea groups is 1. The van der Waals surface area contributed by atoms with Gasteiger partial charge in [0.1, 0.15) is 0 Å². The lowest BCUT2D eigenvalue weighted by Gasteiger charge is -2.19. The number of hydrogen-bond acceptors (Lipinski definition) is 4. The van der Waals surface area contributed by atoms with Crippen molar-refractivity contribution in [2.75, 3.05) is 13.1 Å². The van der Waals surface area contributed by atoms with E-state index in [1.54, 1.807) is 36.8 Å². The molecule has 1 atom stereocenters. The van der Waals surface area contributed by atoms with Crippen molar-refractivity contribution in [3.63, 3.8) is 0 Å². The quantitative estimate of drug-likeness (QED) is 0.475. The zero-order valence-electron chi connectivity index (χ0n) is 19.2. The summed E-state index contributed by atoms with van der Waals surface area (Å²) in [6.45, 7) is 7.45. The van der Waals surface area contributed by atoms with E-state index in [1.165, 1.54) is 4.31 Å². The summed E-state index contributed by atoms with van der Waals surface area (Å²) < 4.78 is 28.7. The lowest BCUT2D eigenvalue weighted by Crippen LogP contribution is -2.36. The van der Waals surface area contributed by atoms with E-state index >= 15 is 0 Å². The van der Waals surface area contributed by atoms with Gasteiger partial charge in [0.05, 0.1) is 17.3 Å². The topological polar surface area (TPSA) is 96.3 Å². The molecule has 9 heteroatoms. The Kier molecular flexibility index (Phi) is 8.24. The molecule has 0 aliphatic rings. The van der Waals surface area contributed by atoms with Crippen LogP contribution in [0.1, 0.15) is 43.5 Å². The number of imidazole rings is 1. The zero-order valence-corrected chi connectivity index (χ0v) is 20.0. The minimum atomic E-state index is -3.50. The molecule has 0 radical (unpaired) electrons. The van der Waals surface area contributed by atoms with Gasteiger partial charge in [-0.3, -0.25) is 0 Å². The molecule has 8 nitrogen and oxygen atoms in total. The molecule has 2 amide bonds. The molecule has 0 saturated carbocycles. The molecule has 1 unspecified atom stereocenters.